The lowest BCUT2D eigenvalue weighted by atomic mass is 10.1. The average Bonchev–Trinajstić information content (AvgIpc) is 2.43. The van der Waals surface area contributed by atoms with Crippen LogP contribution in [0.1, 0.15) is 21.6 Å². The molecule has 0 aliphatic rings. The summed E-state index contributed by atoms with van der Waals surface area (Å²) < 4.78 is 11.0. The SMILES string of the molecule is COC(=O)c1ccc(Oc2c(C)cccc2C)c(Br)n1. The minimum Gasteiger partial charge on any atom is -0.464 e. The van der Waals surface area contributed by atoms with Gasteiger partial charge in [0, 0.05) is 0 Å². The van der Waals surface area contributed by atoms with E-state index in [0.29, 0.717) is 10.4 Å². The average molecular weight is 336 g/mol. The molecule has 20 heavy (non-hydrogen) atoms. The fourth-order valence-corrected chi connectivity index (χ4v) is 2.19. The van der Waals surface area contributed by atoms with Crippen molar-refractivity contribution in [1.82, 2.24) is 4.98 Å². The third-order valence-corrected chi connectivity index (χ3v) is 3.40. The molecular weight excluding hydrogens is 322 g/mol. The van der Waals surface area contributed by atoms with Gasteiger partial charge in [-0.2, -0.15) is 0 Å². The molecule has 1 heterocycles. The zero-order chi connectivity index (χ0) is 14.7. The fourth-order valence-electron chi connectivity index (χ4n) is 1.79. The highest BCUT2D eigenvalue weighted by Gasteiger charge is 2.13. The second kappa shape index (κ2) is 6.05. The van der Waals surface area contributed by atoms with Crippen molar-refractivity contribution in [3.05, 3.63) is 51.8 Å². The number of pyridine rings is 1. The number of hydrogen-bond donors (Lipinski definition) is 0. The molecule has 104 valence electrons. The summed E-state index contributed by atoms with van der Waals surface area (Å²) in [5, 5.41) is 0. The van der Waals surface area contributed by atoms with Crippen LogP contribution in [-0.4, -0.2) is 18.1 Å². The molecule has 0 aliphatic heterocycles. The second-order valence-electron chi connectivity index (χ2n) is 4.30. The number of methoxy groups -OCH3 is 1. The first-order valence-electron chi connectivity index (χ1n) is 6.02. The van der Waals surface area contributed by atoms with Gasteiger partial charge in [-0.05, 0) is 53.0 Å². The van der Waals surface area contributed by atoms with E-state index in [-0.39, 0.29) is 5.69 Å². The molecule has 0 atom stereocenters. The number of aryl methyl sites for hydroxylation is 2. The van der Waals surface area contributed by atoms with Gasteiger partial charge in [-0.25, -0.2) is 9.78 Å². The van der Waals surface area contributed by atoms with E-state index in [4.69, 9.17) is 4.74 Å². The van der Waals surface area contributed by atoms with Crippen LogP contribution in [0.15, 0.2) is 34.9 Å². The van der Waals surface area contributed by atoms with E-state index in [0.717, 1.165) is 16.9 Å². The standard InChI is InChI=1S/C15H14BrNO3/c1-9-5-4-6-10(2)13(9)20-12-8-7-11(15(18)19-3)17-14(12)16/h4-8H,1-3H3. The van der Waals surface area contributed by atoms with Crippen LogP contribution in [0.2, 0.25) is 0 Å². The molecule has 0 unspecified atom stereocenters. The smallest absolute Gasteiger partial charge is 0.356 e. The molecule has 5 heteroatoms. The van der Waals surface area contributed by atoms with Gasteiger partial charge in [-0.1, -0.05) is 18.2 Å². The Morgan fingerprint density at radius 2 is 1.80 bits per heavy atom. The molecule has 0 saturated carbocycles. The zero-order valence-corrected chi connectivity index (χ0v) is 13.0. The van der Waals surface area contributed by atoms with Gasteiger partial charge < -0.3 is 9.47 Å². The van der Waals surface area contributed by atoms with E-state index in [9.17, 15) is 4.79 Å². The molecule has 0 aliphatic carbocycles. The summed E-state index contributed by atoms with van der Waals surface area (Å²) >= 11 is 3.31. The minimum absolute atomic E-state index is 0.230. The van der Waals surface area contributed by atoms with Crippen LogP contribution >= 0.6 is 15.9 Å². The number of halogens is 1. The highest BCUT2D eigenvalue weighted by Crippen LogP contribution is 2.32. The van der Waals surface area contributed by atoms with Gasteiger partial charge in [0.15, 0.2) is 5.75 Å². The number of carbonyl (C=O) groups excluding carboxylic acids is 1. The van der Waals surface area contributed by atoms with E-state index in [1.807, 2.05) is 32.0 Å². The Bertz CT molecular complexity index is 635. The Labute approximate surface area is 125 Å². The summed E-state index contributed by atoms with van der Waals surface area (Å²) in [6.45, 7) is 3.96. The van der Waals surface area contributed by atoms with Crippen molar-refractivity contribution in [3.8, 4) is 11.5 Å². The van der Waals surface area contributed by atoms with Crippen LogP contribution in [0.25, 0.3) is 0 Å². The van der Waals surface area contributed by atoms with Crippen LogP contribution in [0, 0.1) is 13.8 Å². The number of rotatable bonds is 3. The lowest BCUT2D eigenvalue weighted by Crippen LogP contribution is -2.04. The molecule has 0 saturated heterocycles. The van der Waals surface area contributed by atoms with Gasteiger partial charge in [-0.15, -0.1) is 0 Å². The van der Waals surface area contributed by atoms with Gasteiger partial charge in [-0.3, -0.25) is 0 Å². The van der Waals surface area contributed by atoms with Crippen molar-refractivity contribution in [2.45, 2.75) is 13.8 Å². The maximum Gasteiger partial charge on any atom is 0.356 e. The van der Waals surface area contributed by atoms with E-state index >= 15 is 0 Å². The lowest BCUT2D eigenvalue weighted by Gasteiger charge is -2.12. The molecule has 2 aromatic rings. The first-order chi connectivity index (χ1) is 9.52. The minimum atomic E-state index is -0.482. The number of benzene rings is 1. The Morgan fingerprint density at radius 1 is 1.15 bits per heavy atom. The van der Waals surface area contributed by atoms with Crippen LogP contribution in [-0.2, 0) is 4.74 Å². The predicted molar refractivity (Wildman–Crippen MR) is 79.3 cm³/mol. The normalized spacial score (nSPS) is 10.2. The van der Waals surface area contributed by atoms with Gasteiger partial charge in [0.05, 0.1) is 7.11 Å². The van der Waals surface area contributed by atoms with Crippen molar-refractivity contribution in [3.63, 3.8) is 0 Å². The number of para-hydroxylation sites is 1. The number of carbonyl (C=O) groups is 1. The van der Waals surface area contributed by atoms with Crippen molar-refractivity contribution < 1.29 is 14.3 Å². The van der Waals surface area contributed by atoms with Crippen molar-refractivity contribution >= 4 is 21.9 Å². The Kier molecular flexibility index (Phi) is 4.39. The molecule has 0 N–H and O–H groups in total. The summed E-state index contributed by atoms with van der Waals surface area (Å²) in [4.78, 5) is 15.5. The third-order valence-electron chi connectivity index (χ3n) is 2.83. The fraction of sp³-hybridized carbons (Fsp3) is 0.200. The lowest BCUT2D eigenvalue weighted by molar-refractivity contribution is 0.0593. The highest BCUT2D eigenvalue weighted by molar-refractivity contribution is 9.10. The third kappa shape index (κ3) is 2.99. The Morgan fingerprint density at radius 3 is 2.35 bits per heavy atom. The molecule has 0 bridgehead atoms. The summed E-state index contributed by atoms with van der Waals surface area (Å²) in [7, 11) is 1.32. The molecule has 1 aromatic heterocycles. The summed E-state index contributed by atoms with van der Waals surface area (Å²) in [5.41, 5.74) is 2.30. The summed E-state index contributed by atoms with van der Waals surface area (Å²) in [6, 6.07) is 9.19. The quantitative estimate of drug-likeness (QED) is 0.627. The largest absolute Gasteiger partial charge is 0.464 e. The van der Waals surface area contributed by atoms with Crippen molar-refractivity contribution in [2.24, 2.45) is 0 Å². The maximum absolute atomic E-state index is 11.4. The van der Waals surface area contributed by atoms with E-state index in [2.05, 4.69) is 25.7 Å². The van der Waals surface area contributed by atoms with Gasteiger partial charge >= 0.3 is 5.97 Å². The molecule has 0 amide bonds. The highest BCUT2D eigenvalue weighted by atomic mass is 79.9. The van der Waals surface area contributed by atoms with Crippen LogP contribution < -0.4 is 4.74 Å². The maximum atomic E-state index is 11.4. The molecule has 0 fully saturated rings. The first-order valence-corrected chi connectivity index (χ1v) is 6.81. The molecule has 4 nitrogen and oxygen atoms in total. The number of nitrogens with zero attached hydrogens (tertiary/aromatic N) is 1. The first kappa shape index (κ1) is 14.5. The van der Waals surface area contributed by atoms with E-state index < -0.39 is 5.97 Å². The zero-order valence-electron chi connectivity index (χ0n) is 11.4. The Hall–Kier alpha value is -1.88. The summed E-state index contributed by atoms with van der Waals surface area (Å²) in [5.74, 6) is 0.861. The van der Waals surface area contributed by atoms with Crippen LogP contribution in [0.4, 0.5) is 0 Å². The van der Waals surface area contributed by atoms with Gasteiger partial charge in [0.2, 0.25) is 0 Å². The number of esters is 1. The number of ether oxygens (including phenoxy) is 2. The van der Waals surface area contributed by atoms with Crippen molar-refractivity contribution in [1.29, 1.82) is 0 Å². The van der Waals surface area contributed by atoms with E-state index in [1.165, 1.54) is 7.11 Å². The van der Waals surface area contributed by atoms with Crippen molar-refractivity contribution in [2.75, 3.05) is 7.11 Å². The topological polar surface area (TPSA) is 48.4 Å². The molecular formula is C15H14BrNO3. The molecule has 0 spiro atoms. The van der Waals surface area contributed by atoms with Crippen LogP contribution in [0.3, 0.4) is 0 Å². The predicted octanol–water partition coefficient (Wildman–Crippen LogP) is 4.04. The number of hydrogen-bond acceptors (Lipinski definition) is 4. The molecule has 1 aromatic carbocycles. The molecule has 0 radical (unpaired) electrons. The van der Waals surface area contributed by atoms with E-state index in [1.54, 1.807) is 12.1 Å². The molecule has 2 rings (SSSR count). The van der Waals surface area contributed by atoms with Crippen LogP contribution in [0.5, 0.6) is 11.5 Å². The summed E-state index contributed by atoms with van der Waals surface area (Å²) in [6.07, 6.45) is 0. The van der Waals surface area contributed by atoms with Gasteiger partial charge in [0.25, 0.3) is 0 Å². The van der Waals surface area contributed by atoms with Gasteiger partial charge in [0.1, 0.15) is 16.0 Å². The monoisotopic (exact) mass is 335 g/mol. The number of aromatic nitrogens is 1. The Balaban J connectivity index is 2.33. The second-order valence-corrected chi connectivity index (χ2v) is 5.05.